The molecule has 0 unspecified atom stereocenters. The summed E-state index contributed by atoms with van der Waals surface area (Å²) in [5.74, 6) is 0.953. The van der Waals surface area contributed by atoms with Crippen molar-refractivity contribution in [2.75, 3.05) is 0 Å². The third kappa shape index (κ3) is 2.58. The van der Waals surface area contributed by atoms with Crippen molar-refractivity contribution in [1.82, 2.24) is 15.5 Å². The predicted octanol–water partition coefficient (Wildman–Crippen LogP) is 1.90. The quantitative estimate of drug-likeness (QED) is 0.848. The van der Waals surface area contributed by atoms with Crippen LogP contribution >= 0.6 is 22.6 Å². The van der Waals surface area contributed by atoms with Crippen LogP contribution in [0.2, 0.25) is 0 Å². The average molecular weight is 303 g/mol. The van der Waals surface area contributed by atoms with Crippen molar-refractivity contribution >= 4 is 22.6 Å². The van der Waals surface area contributed by atoms with Crippen LogP contribution in [0.25, 0.3) is 0 Å². The van der Waals surface area contributed by atoms with Crippen LogP contribution in [0.1, 0.15) is 11.5 Å². The van der Waals surface area contributed by atoms with E-state index in [1.807, 2.05) is 18.2 Å². The molecule has 0 saturated carbocycles. The van der Waals surface area contributed by atoms with E-state index in [1.54, 1.807) is 6.20 Å². The molecule has 14 heavy (non-hydrogen) atoms. The number of rotatable bonds is 4. The zero-order valence-electron chi connectivity index (χ0n) is 7.46. The Kier molecular flexibility index (Phi) is 3.20. The molecule has 0 radical (unpaired) electrons. The summed E-state index contributed by atoms with van der Waals surface area (Å²) in [7, 11) is 0. The van der Waals surface area contributed by atoms with Gasteiger partial charge in [0.25, 0.3) is 0 Å². The predicted molar refractivity (Wildman–Crippen MR) is 60.6 cm³/mol. The molecule has 5 heteroatoms. The van der Waals surface area contributed by atoms with Crippen molar-refractivity contribution in [2.24, 2.45) is 0 Å². The molecule has 74 valence electrons. The van der Waals surface area contributed by atoms with Gasteiger partial charge in [0.05, 0.1) is 6.54 Å². The first-order chi connectivity index (χ1) is 6.84. The molecule has 2 heterocycles. The fourth-order valence-corrected chi connectivity index (χ4v) is 1.61. The molecule has 4 nitrogen and oxygen atoms in total. The van der Waals surface area contributed by atoms with Crippen molar-refractivity contribution in [1.29, 1.82) is 0 Å². The second-order valence-corrected chi connectivity index (χ2v) is 3.95. The zero-order chi connectivity index (χ0) is 9.80. The lowest BCUT2D eigenvalue weighted by atomic mass is 10.4. The minimum absolute atomic E-state index is 0.738. The molecular weight excluding hydrogens is 293 g/mol. The lowest BCUT2D eigenvalue weighted by Gasteiger charge is -1.99. The Morgan fingerprint density at radius 1 is 1.36 bits per heavy atom. The molecule has 2 N–H and O–H groups in total. The molecule has 0 aliphatic heterocycles. The van der Waals surface area contributed by atoms with Crippen LogP contribution in [0.3, 0.4) is 0 Å². The molecule has 0 spiro atoms. The number of halogens is 1. The maximum absolute atomic E-state index is 5.40. The zero-order valence-corrected chi connectivity index (χ0v) is 9.61. The minimum Gasteiger partial charge on any atom is -0.454 e. The Hall–Kier alpha value is -0.820. The SMILES string of the molecule is Ic1ccc(CNCc2ccn[nH]2)o1. The molecule has 2 aromatic rings. The number of furan rings is 1. The Bertz CT molecular complexity index is 382. The van der Waals surface area contributed by atoms with Gasteiger partial charge in [-0.05, 0) is 40.8 Å². The van der Waals surface area contributed by atoms with E-state index in [-0.39, 0.29) is 0 Å². The van der Waals surface area contributed by atoms with Crippen molar-refractivity contribution in [3.05, 3.63) is 39.6 Å². The third-order valence-electron chi connectivity index (χ3n) is 1.80. The Labute approximate surface area is 95.2 Å². The maximum Gasteiger partial charge on any atom is 0.164 e. The average Bonchev–Trinajstić information content (AvgIpc) is 2.77. The minimum atomic E-state index is 0.738. The summed E-state index contributed by atoms with van der Waals surface area (Å²) in [6.07, 6.45) is 1.74. The Balaban J connectivity index is 1.78. The summed E-state index contributed by atoms with van der Waals surface area (Å²) < 4.78 is 6.32. The van der Waals surface area contributed by atoms with Gasteiger partial charge in [-0.2, -0.15) is 5.10 Å². The summed E-state index contributed by atoms with van der Waals surface area (Å²) in [4.78, 5) is 0. The molecule has 0 aromatic carbocycles. The second-order valence-electron chi connectivity index (χ2n) is 2.89. The van der Waals surface area contributed by atoms with Gasteiger partial charge in [-0.15, -0.1) is 0 Å². The van der Waals surface area contributed by atoms with Gasteiger partial charge in [-0.25, -0.2) is 0 Å². The highest BCUT2D eigenvalue weighted by Gasteiger charge is 1.98. The largest absolute Gasteiger partial charge is 0.454 e. The highest BCUT2D eigenvalue weighted by atomic mass is 127. The first kappa shape index (κ1) is 9.72. The summed E-state index contributed by atoms with van der Waals surface area (Å²) in [6, 6.07) is 5.87. The Morgan fingerprint density at radius 2 is 2.29 bits per heavy atom. The fraction of sp³-hybridized carbons (Fsp3) is 0.222. The highest BCUT2D eigenvalue weighted by Crippen LogP contribution is 2.09. The first-order valence-corrected chi connectivity index (χ1v) is 5.35. The number of nitrogens with one attached hydrogen (secondary N) is 2. The molecule has 0 bridgehead atoms. The van der Waals surface area contributed by atoms with Crippen LogP contribution in [0, 0.1) is 3.77 Å². The normalized spacial score (nSPS) is 10.6. The van der Waals surface area contributed by atoms with E-state index in [2.05, 4.69) is 38.1 Å². The van der Waals surface area contributed by atoms with E-state index >= 15 is 0 Å². The van der Waals surface area contributed by atoms with Crippen molar-refractivity contribution < 1.29 is 4.42 Å². The number of aromatic amines is 1. The van der Waals surface area contributed by atoms with Crippen LogP contribution < -0.4 is 5.32 Å². The van der Waals surface area contributed by atoms with Crippen molar-refractivity contribution in [3.63, 3.8) is 0 Å². The fourth-order valence-electron chi connectivity index (χ4n) is 1.15. The lowest BCUT2D eigenvalue weighted by molar-refractivity contribution is 0.462. The molecule has 0 saturated heterocycles. The van der Waals surface area contributed by atoms with Crippen molar-refractivity contribution in [2.45, 2.75) is 13.1 Å². The summed E-state index contributed by atoms with van der Waals surface area (Å²) >= 11 is 2.15. The molecule has 2 rings (SSSR count). The number of hydrogen-bond donors (Lipinski definition) is 2. The molecule has 0 atom stereocenters. The van der Waals surface area contributed by atoms with E-state index in [0.717, 1.165) is 28.3 Å². The van der Waals surface area contributed by atoms with E-state index in [4.69, 9.17) is 4.42 Å². The monoisotopic (exact) mass is 303 g/mol. The first-order valence-electron chi connectivity index (χ1n) is 4.28. The van der Waals surface area contributed by atoms with Crippen LogP contribution in [-0.2, 0) is 13.1 Å². The Morgan fingerprint density at radius 3 is 2.93 bits per heavy atom. The van der Waals surface area contributed by atoms with E-state index in [0.29, 0.717) is 0 Å². The van der Waals surface area contributed by atoms with E-state index < -0.39 is 0 Å². The van der Waals surface area contributed by atoms with Crippen LogP contribution in [0.15, 0.2) is 28.8 Å². The summed E-state index contributed by atoms with van der Waals surface area (Å²) in [5.41, 5.74) is 1.08. The van der Waals surface area contributed by atoms with Gasteiger partial charge in [0.2, 0.25) is 0 Å². The number of hydrogen-bond acceptors (Lipinski definition) is 3. The summed E-state index contributed by atoms with van der Waals surface area (Å²) in [6.45, 7) is 1.51. The smallest absolute Gasteiger partial charge is 0.164 e. The summed E-state index contributed by atoms with van der Waals surface area (Å²) in [5, 5.41) is 10.00. The van der Waals surface area contributed by atoms with E-state index in [9.17, 15) is 0 Å². The van der Waals surface area contributed by atoms with Gasteiger partial charge in [0.1, 0.15) is 5.76 Å². The van der Waals surface area contributed by atoms with Crippen molar-refractivity contribution in [3.8, 4) is 0 Å². The van der Waals surface area contributed by atoms with Gasteiger partial charge in [-0.3, -0.25) is 5.10 Å². The number of nitrogens with zero attached hydrogens (tertiary/aromatic N) is 1. The van der Waals surface area contributed by atoms with Crippen LogP contribution in [0.4, 0.5) is 0 Å². The highest BCUT2D eigenvalue weighted by molar-refractivity contribution is 14.1. The maximum atomic E-state index is 5.40. The van der Waals surface area contributed by atoms with Gasteiger partial charge in [-0.1, -0.05) is 0 Å². The standard InChI is InChI=1S/C9H10IN3O/c10-9-2-1-8(14-9)6-11-5-7-3-4-12-13-7/h1-4,11H,5-6H2,(H,12,13). The molecular formula is C9H10IN3O. The second kappa shape index (κ2) is 4.61. The molecule has 2 aromatic heterocycles. The van der Waals surface area contributed by atoms with Crippen LogP contribution in [-0.4, -0.2) is 10.2 Å². The molecule has 0 fully saturated rings. The molecule has 0 amide bonds. The van der Waals surface area contributed by atoms with E-state index in [1.165, 1.54) is 0 Å². The topological polar surface area (TPSA) is 53.9 Å². The van der Waals surface area contributed by atoms with Gasteiger partial charge < -0.3 is 9.73 Å². The molecule has 0 aliphatic carbocycles. The number of aromatic nitrogens is 2. The lowest BCUT2D eigenvalue weighted by Crippen LogP contribution is -2.12. The van der Waals surface area contributed by atoms with Gasteiger partial charge in [0.15, 0.2) is 3.77 Å². The van der Waals surface area contributed by atoms with Gasteiger partial charge in [0, 0.05) is 18.4 Å². The molecule has 0 aliphatic rings. The number of H-pyrrole nitrogens is 1. The van der Waals surface area contributed by atoms with Crippen LogP contribution in [0.5, 0.6) is 0 Å². The third-order valence-corrected chi connectivity index (χ3v) is 2.38. The van der Waals surface area contributed by atoms with Gasteiger partial charge >= 0.3 is 0 Å².